The van der Waals surface area contributed by atoms with E-state index >= 15 is 0 Å². The third-order valence-corrected chi connectivity index (χ3v) is 4.37. The van der Waals surface area contributed by atoms with Crippen LogP contribution >= 0.6 is 11.8 Å². The van der Waals surface area contributed by atoms with Crippen molar-refractivity contribution in [2.45, 2.75) is 32.4 Å². The molecule has 1 aliphatic rings. The van der Waals surface area contributed by atoms with Gasteiger partial charge in [0.05, 0.1) is 0 Å². The summed E-state index contributed by atoms with van der Waals surface area (Å²) in [5, 5.41) is 0.958. The summed E-state index contributed by atoms with van der Waals surface area (Å²) >= 11 is 2.16. The van der Waals surface area contributed by atoms with E-state index in [0.717, 1.165) is 17.1 Å². The molecule has 1 heterocycles. The molecule has 0 aromatic rings. The van der Waals surface area contributed by atoms with Crippen molar-refractivity contribution in [2.75, 3.05) is 5.75 Å². The van der Waals surface area contributed by atoms with Gasteiger partial charge in [-0.1, -0.05) is 20.8 Å². The fraction of sp³-hybridized carbons (Fsp3) is 1.00. The van der Waals surface area contributed by atoms with Gasteiger partial charge in [0, 0.05) is 5.25 Å². The molecule has 0 saturated carbocycles. The van der Waals surface area contributed by atoms with Crippen LogP contribution in [-0.2, 0) is 0 Å². The van der Waals surface area contributed by atoms with Crippen LogP contribution in [0.15, 0.2) is 0 Å². The quantitative estimate of drug-likeness (QED) is 0.545. The number of thioether (sulfide) groups is 1. The molecule has 0 radical (unpaired) electrons. The maximum atomic E-state index is 2.39. The Balaban J connectivity index is 2.41. The largest absolute Gasteiger partial charge is 0.158 e. The van der Waals surface area contributed by atoms with E-state index in [1.54, 1.807) is 0 Å². The molecule has 54 valence electrons. The molecule has 0 N–H and O–H groups in total. The Hall–Kier alpha value is 0.350. The molecular formula is C8H16S. The van der Waals surface area contributed by atoms with E-state index in [4.69, 9.17) is 0 Å². The highest BCUT2D eigenvalue weighted by Gasteiger charge is 2.28. The second-order valence-corrected chi connectivity index (χ2v) is 4.39. The van der Waals surface area contributed by atoms with Gasteiger partial charge in [-0.05, 0) is 24.0 Å². The second kappa shape index (κ2) is 2.96. The van der Waals surface area contributed by atoms with Crippen LogP contribution in [0.3, 0.4) is 0 Å². The Bertz CT molecular complexity index is 90.6. The zero-order chi connectivity index (χ0) is 6.85. The molecule has 0 unspecified atom stereocenters. The van der Waals surface area contributed by atoms with Crippen LogP contribution in [0.25, 0.3) is 0 Å². The Morgan fingerprint density at radius 3 is 2.33 bits per heavy atom. The Morgan fingerprint density at radius 2 is 2.11 bits per heavy atom. The minimum atomic E-state index is 0.958. The molecule has 1 rings (SSSR count). The summed E-state index contributed by atoms with van der Waals surface area (Å²) in [6, 6.07) is 0. The molecule has 0 aliphatic carbocycles. The summed E-state index contributed by atoms with van der Waals surface area (Å²) in [6.07, 6.45) is 1.36. The van der Waals surface area contributed by atoms with E-state index < -0.39 is 0 Å². The van der Waals surface area contributed by atoms with Crippen LogP contribution in [0.5, 0.6) is 0 Å². The zero-order valence-electron chi connectivity index (χ0n) is 6.55. The van der Waals surface area contributed by atoms with Gasteiger partial charge in [-0.25, -0.2) is 0 Å². The Kier molecular flexibility index (Phi) is 2.45. The van der Waals surface area contributed by atoms with Crippen molar-refractivity contribution >= 4 is 11.8 Å². The fourth-order valence-electron chi connectivity index (χ4n) is 1.44. The molecular weight excluding hydrogens is 128 g/mol. The molecule has 1 heteroatoms. The highest BCUT2D eigenvalue weighted by molar-refractivity contribution is 8.00. The lowest BCUT2D eigenvalue weighted by molar-refractivity contribution is 0.431. The maximum absolute atomic E-state index is 2.39. The van der Waals surface area contributed by atoms with E-state index in [-0.39, 0.29) is 0 Å². The zero-order valence-corrected chi connectivity index (χ0v) is 7.37. The summed E-state index contributed by atoms with van der Waals surface area (Å²) in [7, 11) is 0. The molecule has 9 heavy (non-hydrogen) atoms. The van der Waals surface area contributed by atoms with Crippen LogP contribution in [0.1, 0.15) is 27.2 Å². The maximum Gasteiger partial charge on any atom is 0.00730 e. The second-order valence-electron chi connectivity index (χ2n) is 3.12. The van der Waals surface area contributed by atoms with Gasteiger partial charge in [-0.2, -0.15) is 11.8 Å². The van der Waals surface area contributed by atoms with Crippen molar-refractivity contribution in [3.8, 4) is 0 Å². The molecule has 0 bridgehead atoms. The van der Waals surface area contributed by atoms with E-state index in [2.05, 4.69) is 32.5 Å². The third kappa shape index (κ3) is 1.43. The molecule has 3 atom stereocenters. The van der Waals surface area contributed by atoms with Gasteiger partial charge < -0.3 is 0 Å². The molecule has 1 fully saturated rings. The lowest BCUT2D eigenvalue weighted by Crippen LogP contribution is -2.11. The first-order valence-corrected chi connectivity index (χ1v) is 4.92. The summed E-state index contributed by atoms with van der Waals surface area (Å²) in [4.78, 5) is 0. The lowest BCUT2D eigenvalue weighted by atomic mass is 9.94. The monoisotopic (exact) mass is 144 g/mol. The minimum Gasteiger partial charge on any atom is -0.158 e. The summed E-state index contributed by atoms with van der Waals surface area (Å²) in [5.41, 5.74) is 0. The standard InChI is InChI=1S/C8H16S/c1-4-8-7(3)6(2)5-9-8/h6-8H,4-5H2,1-3H3/t6-,7+,8-/m1/s1. The van der Waals surface area contributed by atoms with E-state index in [1.165, 1.54) is 12.2 Å². The summed E-state index contributed by atoms with van der Waals surface area (Å²) in [6.45, 7) is 7.05. The van der Waals surface area contributed by atoms with Gasteiger partial charge in [0.1, 0.15) is 0 Å². The molecule has 0 nitrogen and oxygen atoms in total. The molecule has 0 amide bonds. The molecule has 0 spiro atoms. The third-order valence-electron chi connectivity index (χ3n) is 2.46. The first-order valence-electron chi connectivity index (χ1n) is 3.87. The van der Waals surface area contributed by atoms with Crippen molar-refractivity contribution in [3.63, 3.8) is 0 Å². The molecule has 1 aliphatic heterocycles. The van der Waals surface area contributed by atoms with Gasteiger partial charge in [-0.3, -0.25) is 0 Å². The summed E-state index contributed by atoms with van der Waals surface area (Å²) in [5.74, 6) is 3.31. The Labute approximate surface area is 62.4 Å². The van der Waals surface area contributed by atoms with Crippen molar-refractivity contribution in [1.29, 1.82) is 0 Å². The van der Waals surface area contributed by atoms with Gasteiger partial charge in [-0.15, -0.1) is 0 Å². The Morgan fingerprint density at radius 1 is 1.44 bits per heavy atom. The van der Waals surface area contributed by atoms with Gasteiger partial charge in [0.2, 0.25) is 0 Å². The number of hydrogen-bond donors (Lipinski definition) is 0. The smallest absolute Gasteiger partial charge is 0.00730 e. The van der Waals surface area contributed by atoms with Crippen molar-refractivity contribution in [2.24, 2.45) is 11.8 Å². The first kappa shape index (κ1) is 7.46. The highest BCUT2D eigenvalue weighted by Crippen LogP contribution is 2.37. The van der Waals surface area contributed by atoms with Crippen LogP contribution in [0.2, 0.25) is 0 Å². The average molecular weight is 144 g/mol. The van der Waals surface area contributed by atoms with E-state index in [0.29, 0.717) is 0 Å². The fourth-order valence-corrected chi connectivity index (χ4v) is 3.10. The SMILES string of the molecule is CC[C@H]1SC[C@@H](C)[C@@H]1C. The van der Waals surface area contributed by atoms with Gasteiger partial charge in [0.15, 0.2) is 0 Å². The van der Waals surface area contributed by atoms with Crippen molar-refractivity contribution in [1.82, 2.24) is 0 Å². The molecule has 0 aromatic carbocycles. The normalized spacial score (nSPS) is 43.7. The van der Waals surface area contributed by atoms with Crippen LogP contribution in [0, 0.1) is 11.8 Å². The van der Waals surface area contributed by atoms with Crippen LogP contribution in [-0.4, -0.2) is 11.0 Å². The van der Waals surface area contributed by atoms with Crippen LogP contribution in [0.4, 0.5) is 0 Å². The van der Waals surface area contributed by atoms with E-state index in [1.807, 2.05) is 0 Å². The predicted octanol–water partition coefficient (Wildman–Crippen LogP) is 2.78. The van der Waals surface area contributed by atoms with Gasteiger partial charge in [0.25, 0.3) is 0 Å². The van der Waals surface area contributed by atoms with Crippen LogP contribution < -0.4 is 0 Å². The number of hydrogen-bond acceptors (Lipinski definition) is 1. The van der Waals surface area contributed by atoms with Crippen molar-refractivity contribution < 1.29 is 0 Å². The summed E-state index contributed by atoms with van der Waals surface area (Å²) < 4.78 is 0. The lowest BCUT2D eigenvalue weighted by Gasteiger charge is -2.13. The minimum absolute atomic E-state index is 0.958. The van der Waals surface area contributed by atoms with E-state index in [9.17, 15) is 0 Å². The molecule has 1 saturated heterocycles. The first-order chi connectivity index (χ1) is 4.25. The van der Waals surface area contributed by atoms with Crippen molar-refractivity contribution in [3.05, 3.63) is 0 Å². The highest BCUT2D eigenvalue weighted by atomic mass is 32.2. The predicted molar refractivity (Wildman–Crippen MR) is 44.9 cm³/mol. The molecule has 0 aromatic heterocycles. The average Bonchev–Trinajstić information content (AvgIpc) is 2.15. The van der Waals surface area contributed by atoms with Gasteiger partial charge >= 0.3 is 0 Å². The number of rotatable bonds is 1. The topological polar surface area (TPSA) is 0 Å².